The molecule has 0 aliphatic rings. The van der Waals surface area contributed by atoms with E-state index < -0.39 is 0 Å². The first kappa shape index (κ1) is 15.3. The summed E-state index contributed by atoms with van der Waals surface area (Å²) in [6.07, 6.45) is 1.62. The van der Waals surface area contributed by atoms with Crippen molar-refractivity contribution in [3.05, 3.63) is 65.9 Å². The summed E-state index contributed by atoms with van der Waals surface area (Å²) in [6.45, 7) is 0. The number of hydrazone groups is 1. The number of nitriles is 1. The molecule has 0 atom stereocenters. The Morgan fingerprint density at radius 3 is 2.58 bits per heavy atom. The minimum absolute atomic E-state index is 0.153. The maximum atomic E-state index is 9.17. The van der Waals surface area contributed by atoms with Crippen LogP contribution in [-0.2, 0) is 0 Å². The van der Waals surface area contributed by atoms with E-state index >= 15 is 0 Å². The lowest BCUT2D eigenvalue weighted by molar-refractivity contribution is 0.415. The van der Waals surface area contributed by atoms with Crippen LogP contribution in [0.3, 0.4) is 0 Å². The number of anilines is 1. The fraction of sp³-hybridized carbons (Fsp3) is 0.0556. The molecule has 0 saturated heterocycles. The second-order valence-electron chi connectivity index (χ2n) is 4.82. The van der Waals surface area contributed by atoms with E-state index in [-0.39, 0.29) is 11.6 Å². The van der Waals surface area contributed by atoms with E-state index in [1.807, 2.05) is 60.7 Å². The van der Waals surface area contributed by atoms with Crippen molar-refractivity contribution in [1.82, 2.24) is 4.98 Å². The summed E-state index contributed by atoms with van der Waals surface area (Å²) in [5.74, 6) is 1.35. The molecule has 3 aromatic rings. The van der Waals surface area contributed by atoms with Gasteiger partial charge in [-0.05, 0) is 42.0 Å². The van der Waals surface area contributed by atoms with Crippen LogP contribution in [0.1, 0.15) is 11.3 Å². The van der Waals surface area contributed by atoms with Crippen molar-refractivity contribution in [1.29, 1.82) is 5.26 Å². The van der Waals surface area contributed by atoms with Crippen molar-refractivity contribution < 1.29 is 9.15 Å². The SMILES string of the molecule is COc1ccc(/C=N\Nc2oc(-c3ccccc3)nc2C#N)cc1. The average Bonchev–Trinajstić information content (AvgIpc) is 3.06. The second kappa shape index (κ2) is 7.11. The largest absolute Gasteiger partial charge is 0.497 e. The van der Waals surface area contributed by atoms with Crippen LogP contribution in [0.15, 0.2) is 64.1 Å². The number of nitrogens with zero attached hydrogens (tertiary/aromatic N) is 3. The van der Waals surface area contributed by atoms with Crippen LogP contribution in [0.5, 0.6) is 5.75 Å². The highest BCUT2D eigenvalue weighted by Crippen LogP contribution is 2.24. The maximum absolute atomic E-state index is 9.17. The highest BCUT2D eigenvalue weighted by molar-refractivity contribution is 5.80. The van der Waals surface area contributed by atoms with Crippen molar-refractivity contribution >= 4 is 12.1 Å². The van der Waals surface area contributed by atoms with Gasteiger partial charge in [-0.2, -0.15) is 15.3 Å². The van der Waals surface area contributed by atoms with E-state index in [1.165, 1.54) is 0 Å². The van der Waals surface area contributed by atoms with Gasteiger partial charge in [-0.3, -0.25) is 0 Å². The smallest absolute Gasteiger partial charge is 0.252 e. The number of methoxy groups -OCH3 is 1. The zero-order chi connectivity index (χ0) is 16.8. The Morgan fingerprint density at radius 1 is 1.17 bits per heavy atom. The molecule has 1 heterocycles. The topological polar surface area (TPSA) is 83.4 Å². The summed E-state index contributed by atoms with van der Waals surface area (Å²) in [7, 11) is 1.61. The first-order chi connectivity index (χ1) is 11.8. The predicted octanol–water partition coefficient (Wildman–Crippen LogP) is 3.67. The van der Waals surface area contributed by atoms with Gasteiger partial charge in [-0.1, -0.05) is 18.2 Å². The number of nitrogens with one attached hydrogen (secondary N) is 1. The van der Waals surface area contributed by atoms with Crippen LogP contribution in [0.4, 0.5) is 5.88 Å². The third-order valence-electron chi connectivity index (χ3n) is 3.25. The number of rotatable bonds is 5. The molecular formula is C18H14N4O2. The Morgan fingerprint density at radius 2 is 1.92 bits per heavy atom. The molecule has 0 bridgehead atoms. The van der Waals surface area contributed by atoms with Gasteiger partial charge < -0.3 is 9.15 Å². The van der Waals surface area contributed by atoms with E-state index in [9.17, 15) is 5.26 Å². The molecule has 0 radical (unpaired) electrons. The lowest BCUT2D eigenvalue weighted by Gasteiger charge is -1.99. The molecule has 2 aromatic carbocycles. The summed E-state index contributed by atoms with van der Waals surface area (Å²) in [5.41, 5.74) is 4.54. The zero-order valence-electron chi connectivity index (χ0n) is 12.9. The summed E-state index contributed by atoms with van der Waals surface area (Å²) < 4.78 is 10.7. The number of ether oxygens (including phenoxy) is 1. The van der Waals surface area contributed by atoms with Gasteiger partial charge in [0.2, 0.25) is 11.6 Å². The minimum atomic E-state index is 0.153. The summed E-state index contributed by atoms with van der Waals surface area (Å²) in [6, 6.07) is 18.8. The normalized spacial score (nSPS) is 10.5. The molecule has 0 aliphatic heterocycles. The summed E-state index contributed by atoms with van der Waals surface area (Å²) in [4.78, 5) is 4.17. The molecule has 0 amide bonds. The first-order valence-corrected chi connectivity index (χ1v) is 7.19. The van der Waals surface area contributed by atoms with Crippen LogP contribution < -0.4 is 10.2 Å². The summed E-state index contributed by atoms with van der Waals surface area (Å²) in [5, 5.41) is 13.3. The van der Waals surface area contributed by atoms with Gasteiger partial charge in [0.05, 0.1) is 13.3 Å². The Balaban J connectivity index is 1.76. The number of aromatic nitrogens is 1. The van der Waals surface area contributed by atoms with Crippen LogP contribution >= 0.6 is 0 Å². The van der Waals surface area contributed by atoms with Crippen molar-refractivity contribution in [2.45, 2.75) is 0 Å². The van der Waals surface area contributed by atoms with E-state index in [0.717, 1.165) is 16.9 Å². The number of hydrogen-bond acceptors (Lipinski definition) is 6. The molecule has 0 saturated carbocycles. The van der Waals surface area contributed by atoms with Crippen molar-refractivity contribution in [2.75, 3.05) is 12.5 Å². The molecule has 0 aliphatic carbocycles. The molecule has 0 unspecified atom stereocenters. The monoisotopic (exact) mass is 318 g/mol. The molecule has 1 N–H and O–H groups in total. The van der Waals surface area contributed by atoms with E-state index in [4.69, 9.17) is 9.15 Å². The molecule has 24 heavy (non-hydrogen) atoms. The lowest BCUT2D eigenvalue weighted by Crippen LogP contribution is -1.91. The second-order valence-corrected chi connectivity index (χ2v) is 4.82. The predicted molar refractivity (Wildman–Crippen MR) is 90.9 cm³/mol. The van der Waals surface area contributed by atoms with Gasteiger partial charge in [0.15, 0.2) is 0 Å². The Labute approximate surface area is 139 Å². The first-order valence-electron chi connectivity index (χ1n) is 7.19. The quantitative estimate of drug-likeness (QED) is 0.573. The Kier molecular flexibility index (Phi) is 4.54. The average molecular weight is 318 g/mol. The van der Waals surface area contributed by atoms with Crippen molar-refractivity contribution in [2.24, 2.45) is 5.10 Å². The number of oxazole rings is 1. The zero-order valence-corrected chi connectivity index (χ0v) is 12.9. The maximum Gasteiger partial charge on any atom is 0.252 e. The van der Waals surface area contributed by atoms with E-state index in [1.54, 1.807) is 13.3 Å². The third-order valence-corrected chi connectivity index (χ3v) is 3.25. The molecule has 1 aromatic heterocycles. The number of benzene rings is 2. The Bertz CT molecular complexity index is 878. The molecule has 6 heteroatoms. The molecule has 118 valence electrons. The van der Waals surface area contributed by atoms with Gasteiger partial charge in [-0.15, -0.1) is 0 Å². The van der Waals surface area contributed by atoms with Crippen LogP contribution in [0.2, 0.25) is 0 Å². The molecule has 3 rings (SSSR count). The van der Waals surface area contributed by atoms with Crippen LogP contribution in [-0.4, -0.2) is 18.3 Å². The van der Waals surface area contributed by atoms with Gasteiger partial charge in [0.25, 0.3) is 5.88 Å². The lowest BCUT2D eigenvalue weighted by atomic mass is 10.2. The van der Waals surface area contributed by atoms with Crippen molar-refractivity contribution in [3.8, 4) is 23.3 Å². The minimum Gasteiger partial charge on any atom is -0.497 e. The molecular weight excluding hydrogens is 304 g/mol. The fourth-order valence-electron chi connectivity index (χ4n) is 2.03. The molecule has 6 nitrogen and oxygen atoms in total. The highest BCUT2D eigenvalue weighted by atomic mass is 16.5. The third kappa shape index (κ3) is 3.42. The van der Waals surface area contributed by atoms with Crippen LogP contribution in [0.25, 0.3) is 11.5 Å². The van der Waals surface area contributed by atoms with E-state index in [0.29, 0.717) is 5.89 Å². The highest BCUT2D eigenvalue weighted by Gasteiger charge is 2.13. The van der Waals surface area contributed by atoms with E-state index in [2.05, 4.69) is 15.5 Å². The van der Waals surface area contributed by atoms with Gasteiger partial charge >= 0.3 is 0 Å². The number of hydrogen-bond donors (Lipinski definition) is 1. The Hall–Kier alpha value is -3.59. The fourth-order valence-corrected chi connectivity index (χ4v) is 2.03. The standard InChI is InChI=1S/C18H14N4O2/c1-23-15-9-7-13(8-10-15)12-20-22-18-16(11-19)21-17(24-18)14-5-3-2-4-6-14/h2-10,12,22H,1H3/b20-12-. The molecule has 0 fully saturated rings. The summed E-state index contributed by atoms with van der Waals surface area (Å²) >= 11 is 0. The van der Waals surface area contributed by atoms with Crippen molar-refractivity contribution in [3.63, 3.8) is 0 Å². The molecule has 0 spiro atoms. The van der Waals surface area contributed by atoms with Gasteiger partial charge in [0, 0.05) is 5.56 Å². The van der Waals surface area contributed by atoms with Gasteiger partial charge in [-0.25, -0.2) is 5.43 Å². The van der Waals surface area contributed by atoms with Gasteiger partial charge in [0.1, 0.15) is 11.8 Å². The van der Waals surface area contributed by atoms with Crippen LogP contribution in [0, 0.1) is 11.3 Å².